The van der Waals surface area contributed by atoms with Crippen molar-refractivity contribution in [1.82, 2.24) is 0 Å². The molecule has 0 heterocycles. The van der Waals surface area contributed by atoms with E-state index in [1.54, 1.807) is 18.2 Å². The average Bonchev–Trinajstić information content (AvgIpc) is 1.94. The van der Waals surface area contributed by atoms with Gasteiger partial charge in [0, 0.05) is 5.02 Å². The van der Waals surface area contributed by atoms with E-state index in [9.17, 15) is 0 Å². The van der Waals surface area contributed by atoms with Crippen LogP contribution in [0.1, 0.15) is 0 Å². The van der Waals surface area contributed by atoms with Gasteiger partial charge in [-0.3, -0.25) is 5.84 Å². The van der Waals surface area contributed by atoms with Crippen molar-refractivity contribution < 1.29 is 0 Å². The van der Waals surface area contributed by atoms with Crippen LogP contribution in [0.5, 0.6) is 0 Å². The average molecular weight is 258 g/mol. The molecule has 0 aromatic heterocycles. The van der Waals surface area contributed by atoms with Crippen LogP contribution in [0.2, 0.25) is 10.0 Å². The number of hydrazine groups is 1. The van der Waals surface area contributed by atoms with Gasteiger partial charge in [-0.25, -0.2) is 0 Å². The number of nitrogens with two attached hydrogens (primary N) is 1. The Hall–Kier alpha value is 0.0400. The smallest absolute Gasteiger partial charge is 0.0686 e. The Labute approximate surface area is 85.4 Å². The molecule has 0 fully saturated rings. The second-order valence-corrected chi connectivity index (χ2v) is 2.61. The zero-order chi connectivity index (χ0) is 7.56. The van der Waals surface area contributed by atoms with E-state index in [2.05, 4.69) is 5.43 Å². The van der Waals surface area contributed by atoms with E-state index in [0.29, 0.717) is 15.7 Å². The molecule has 1 aromatic carbocycles. The lowest BCUT2D eigenvalue weighted by atomic mass is 10.3. The number of hydrogen-bond donors (Lipinski definition) is 2. The maximum absolute atomic E-state index is 5.70. The molecule has 1 rings (SSSR count). The maximum atomic E-state index is 5.70. The molecule has 0 aliphatic heterocycles. The van der Waals surface area contributed by atoms with E-state index in [1.807, 2.05) is 0 Å². The Balaban J connectivity index is 0.000001000. The third kappa shape index (κ3) is 2.87. The molecule has 2 nitrogen and oxygen atoms in total. The van der Waals surface area contributed by atoms with E-state index >= 15 is 0 Å². The summed E-state index contributed by atoms with van der Waals surface area (Å²) in [6.45, 7) is 0. The number of hydrogen-bond acceptors (Lipinski definition) is 2. The van der Waals surface area contributed by atoms with Gasteiger partial charge >= 0.3 is 0 Å². The van der Waals surface area contributed by atoms with Crippen LogP contribution >= 0.6 is 40.2 Å². The van der Waals surface area contributed by atoms with Crippen molar-refractivity contribution in [2.75, 3.05) is 5.43 Å². The lowest BCUT2D eigenvalue weighted by Gasteiger charge is -2.01. The van der Waals surface area contributed by atoms with Gasteiger partial charge in [0.05, 0.1) is 10.7 Å². The Morgan fingerprint density at radius 2 is 1.91 bits per heavy atom. The fraction of sp³-hybridized carbons (Fsp3) is 0. The summed E-state index contributed by atoms with van der Waals surface area (Å²) in [4.78, 5) is 0. The SMILES string of the molecule is Br.NNc1cc(Cl)ccc1Cl. The fourth-order valence-electron chi connectivity index (χ4n) is 0.608. The van der Waals surface area contributed by atoms with Gasteiger partial charge in [-0.15, -0.1) is 17.0 Å². The molecule has 0 aliphatic carbocycles. The Bertz CT molecular complexity index is 242. The van der Waals surface area contributed by atoms with Crippen LogP contribution in [-0.2, 0) is 0 Å². The first-order valence-electron chi connectivity index (χ1n) is 2.65. The summed E-state index contributed by atoms with van der Waals surface area (Å²) >= 11 is 11.3. The van der Waals surface area contributed by atoms with Crippen LogP contribution in [0.3, 0.4) is 0 Å². The highest BCUT2D eigenvalue weighted by Crippen LogP contribution is 2.23. The predicted octanol–water partition coefficient (Wildman–Crippen LogP) is 2.86. The lowest BCUT2D eigenvalue weighted by molar-refractivity contribution is 1.35. The third-order valence-corrected chi connectivity index (χ3v) is 1.65. The van der Waals surface area contributed by atoms with E-state index in [1.165, 1.54) is 0 Å². The maximum Gasteiger partial charge on any atom is 0.0686 e. The largest absolute Gasteiger partial charge is 0.323 e. The van der Waals surface area contributed by atoms with Gasteiger partial charge in [0.2, 0.25) is 0 Å². The van der Waals surface area contributed by atoms with Gasteiger partial charge in [-0.2, -0.15) is 0 Å². The van der Waals surface area contributed by atoms with Crippen molar-refractivity contribution in [1.29, 1.82) is 0 Å². The molecule has 0 radical (unpaired) electrons. The van der Waals surface area contributed by atoms with E-state index in [-0.39, 0.29) is 17.0 Å². The monoisotopic (exact) mass is 256 g/mol. The molecular weight excluding hydrogens is 251 g/mol. The molecule has 62 valence electrons. The number of rotatable bonds is 1. The first kappa shape index (κ1) is 11.0. The number of halogens is 3. The molecule has 5 heteroatoms. The molecule has 0 spiro atoms. The van der Waals surface area contributed by atoms with E-state index < -0.39 is 0 Å². The van der Waals surface area contributed by atoms with Gasteiger partial charge in [0.15, 0.2) is 0 Å². The van der Waals surface area contributed by atoms with Crippen LogP contribution in [0.4, 0.5) is 5.69 Å². The minimum atomic E-state index is 0. The summed E-state index contributed by atoms with van der Waals surface area (Å²) < 4.78 is 0. The highest BCUT2D eigenvalue weighted by molar-refractivity contribution is 8.93. The molecule has 0 bridgehead atoms. The summed E-state index contributed by atoms with van der Waals surface area (Å²) in [7, 11) is 0. The summed E-state index contributed by atoms with van der Waals surface area (Å²) in [5.74, 6) is 5.13. The second kappa shape index (κ2) is 4.83. The standard InChI is InChI=1S/C6H6Cl2N2.BrH/c7-4-1-2-5(8)6(3-4)10-9;/h1-3,10H,9H2;1H. The predicted molar refractivity (Wildman–Crippen MR) is 54.6 cm³/mol. The highest BCUT2D eigenvalue weighted by Gasteiger charge is 1.96. The summed E-state index contributed by atoms with van der Waals surface area (Å²) in [6.07, 6.45) is 0. The van der Waals surface area contributed by atoms with Crippen molar-refractivity contribution in [2.24, 2.45) is 5.84 Å². The molecule has 3 N–H and O–H groups in total. The molecule has 0 unspecified atom stereocenters. The van der Waals surface area contributed by atoms with Crippen LogP contribution in [0, 0.1) is 0 Å². The van der Waals surface area contributed by atoms with Crippen molar-refractivity contribution in [3.8, 4) is 0 Å². The minimum Gasteiger partial charge on any atom is -0.323 e. The first-order chi connectivity index (χ1) is 4.74. The van der Waals surface area contributed by atoms with Crippen molar-refractivity contribution in [3.63, 3.8) is 0 Å². The van der Waals surface area contributed by atoms with E-state index in [0.717, 1.165) is 0 Å². The van der Waals surface area contributed by atoms with Crippen LogP contribution in [0.25, 0.3) is 0 Å². The number of nitrogen functional groups attached to an aromatic ring is 1. The Kier molecular flexibility index (Phi) is 4.84. The van der Waals surface area contributed by atoms with Crippen LogP contribution < -0.4 is 11.3 Å². The lowest BCUT2D eigenvalue weighted by Crippen LogP contribution is -2.06. The topological polar surface area (TPSA) is 38.0 Å². The molecular formula is C6H7BrCl2N2. The number of nitrogens with one attached hydrogen (secondary N) is 1. The van der Waals surface area contributed by atoms with Crippen molar-refractivity contribution in [3.05, 3.63) is 28.2 Å². The minimum absolute atomic E-state index is 0. The zero-order valence-electron chi connectivity index (χ0n) is 5.47. The Morgan fingerprint density at radius 1 is 1.27 bits per heavy atom. The Morgan fingerprint density at radius 3 is 2.36 bits per heavy atom. The first-order valence-corrected chi connectivity index (χ1v) is 3.41. The molecule has 0 atom stereocenters. The normalized spacial score (nSPS) is 8.64. The van der Waals surface area contributed by atoms with Gasteiger partial charge in [-0.1, -0.05) is 23.2 Å². The molecule has 0 saturated carbocycles. The molecule has 0 saturated heterocycles. The quantitative estimate of drug-likeness (QED) is 0.600. The fourth-order valence-corrected chi connectivity index (χ4v) is 0.952. The zero-order valence-corrected chi connectivity index (χ0v) is 8.70. The molecule has 0 aliphatic rings. The van der Waals surface area contributed by atoms with Crippen LogP contribution in [-0.4, -0.2) is 0 Å². The summed E-state index contributed by atoms with van der Waals surface area (Å²) in [6, 6.07) is 5.04. The second-order valence-electron chi connectivity index (χ2n) is 1.77. The molecule has 0 amide bonds. The van der Waals surface area contributed by atoms with Gasteiger partial charge in [0.25, 0.3) is 0 Å². The summed E-state index contributed by atoms with van der Waals surface area (Å²) in [5.41, 5.74) is 3.05. The molecule has 1 aromatic rings. The van der Waals surface area contributed by atoms with Crippen molar-refractivity contribution in [2.45, 2.75) is 0 Å². The van der Waals surface area contributed by atoms with Gasteiger partial charge in [-0.05, 0) is 18.2 Å². The number of benzene rings is 1. The molecule has 11 heavy (non-hydrogen) atoms. The highest BCUT2D eigenvalue weighted by atomic mass is 79.9. The third-order valence-electron chi connectivity index (χ3n) is 1.08. The van der Waals surface area contributed by atoms with Gasteiger partial charge in [0.1, 0.15) is 0 Å². The van der Waals surface area contributed by atoms with Gasteiger partial charge < -0.3 is 5.43 Å². The van der Waals surface area contributed by atoms with E-state index in [4.69, 9.17) is 29.0 Å². The van der Waals surface area contributed by atoms with Crippen LogP contribution in [0.15, 0.2) is 18.2 Å². The van der Waals surface area contributed by atoms with Crippen molar-refractivity contribution >= 4 is 45.9 Å². The number of anilines is 1. The summed E-state index contributed by atoms with van der Waals surface area (Å²) in [5, 5.41) is 1.17.